The number of carbonyl (C=O) groups is 1. The molecule has 3 N–H and O–H groups in total. The van der Waals surface area contributed by atoms with E-state index in [1.807, 2.05) is 0 Å². The van der Waals surface area contributed by atoms with Crippen LogP contribution >= 0.6 is 0 Å². The van der Waals surface area contributed by atoms with Crippen molar-refractivity contribution in [2.45, 2.75) is 17.0 Å². The summed E-state index contributed by atoms with van der Waals surface area (Å²) in [6.45, 7) is -0.0758. The first-order chi connectivity index (χ1) is 12.6. The van der Waals surface area contributed by atoms with Crippen molar-refractivity contribution >= 4 is 15.7 Å². The van der Waals surface area contributed by atoms with Crippen molar-refractivity contribution in [2.75, 3.05) is 20.0 Å². The third kappa shape index (κ3) is 5.31. The molecule has 2 rings (SSSR count). The Morgan fingerprint density at radius 1 is 1.22 bits per heavy atom. The number of hydrogen-bond acceptors (Lipinski definition) is 5. The number of hydrogen-bond donors (Lipinski definition) is 2. The van der Waals surface area contributed by atoms with Gasteiger partial charge in [0.1, 0.15) is 17.7 Å². The second-order valence-electron chi connectivity index (χ2n) is 6.01. The second kappa shape index (κ2) is 8.55. The first-order valence-corrected chi connectivity index (χ1v) is 9.82. The highest BCUT2D eigenvalue weighted by molar-refractivity contribution is 7.90. The predicted octanol–water partition coefficient (Wildman–Crippen LogP) is 1.55. The fraction of sp³-hybridized carbons (Fsp3) is 0.278. The molecule has 0 radical (unpaired) electrons. The molecular formula is C18H20F2N2O4S. The zero-order valence-electron chi connectivity index (χ0n) is 14.8. The van der Waals surface area contributed by atoms with Crippen molar-refractivity contribution in [3.05, 3.63) is 65.2 Å². The maximum absolute atomic E-state index is 14.3. The minimum Gasteiger partial charge on any atom is -0.383 e. The van der Waals surface area contributed by atoms with Gasteiger partial charge in [0, 0.05) is 18.9 Å². The van der Waals surface area contributed by atoms with Crippen molar-refractivity contribution < 1.29 is 26.7 Å². The van der Waals surface area contributed by atoms with Crippen molar-refractivity contribution in [1.82, 2.24) is 5.32 Å². The van der Waals surface area contributed by atoms with E-state index in [0.717, 1.165) is 24.5 Å². The Morgan fingerprint density at radius 3 is 2.56 bits per heavy atom. The molecule has 0 aliphatic rings. The van der Waals surface area contributed by atoms with Crippen LogP contribution in [0.25, 0.3) is 0 Å². The Bertz CT molecular complexity index is 935. The number of ether oxygens (including phenoxy) is 1. The second-order valence-corrected chi connectivity index (χ2v) is 8.03. The van der Waals surface area contributed by atoms with E-state index < -0.39 is 39.5 Å². The molecule has 0 aliphatic heterocycles. The van der Waals surface area contributed by atoms with Gasteiger partial charge >= 0.3 is 0 Å². The summed E-state index contributed by atoms with van der Waals surface area (Å²) >= 11 is 0. The van der Waals surface area contributed by atoms with E-state index in [1.54, 1.807) is 0 Å². The number of nitrogens with two attached hydrogens (primary N) is 1. The van der Waals surface area contributed by atoms with Gasteiger partial charge in [-0.15, -0.1) is 0 Å². The van der Waals surface area contributed by atoms with Crippen LogP contribution in [0.1, 0.15) is 17.2 Å². The van der Waals surface area contributed by atoms with Crippen LogP contribution in [-0.4, -0.2) is 40.3 Å². The van der Waals surface area contributed by atoms with E-state index >= 15 is 0 Å². The van der Waals surface area contributed by atoms with E-state index in [1.165, 1.54) is 31.4 Å². The molecule has 0 heterocycles. The number of sulfone groups is 1. The summed E-state index contributed by atoms with van der Waals surface area (Å²) in [5.41, 5.74) is 5.81. The van der Waals surface area contributed by atoms with Gasteiger partial charge in [0.05, 0.1) is 17.5 Å². The Hall–Kier alpha value is -2.36. The Labute approximate surface area is 156 Å². The summed E-state index contributed by atoms with van der Waals surface area (Å²) in [6, 6.07) is 6.27. The predicted molar refractivity (Wildman–Crippen MR) is 95.7 cm³/mol. The smallest absolute Gasteiger partial charge is 0.240 e. The molecule has 27 heavy (non-hydrogen) atoms. The molecule has 6 nitrogen and oxygen atoms in total. The zero-order valence-corrected chi connectivity index (χ0v) is 15.6. The van der Waals surface area contributed by atoms with Gasteiger partial charge in [-0.05, 0) is 35.9 Å². The third-order valence-corrected chi connectivity index (χ3v) is 4.97. The summed E-state index contributed by atoms with van der Waals surface area (Å²) in [4.78, 5) is 12.3. The Balaban J connectivity index is 2.53. The normalized spacial score (nSPS) is 13.8. The summed E-state index contributed by atoms with van der Waals surface area (Å²) < 4.78 is 56.5. The van der Waals surface area contributed by atoms with E-state index in [-0.39, 0.29) is 22.6 Å². The van der Waals surface area contributed by atoms with Gasteiger partial charge in [0.2, 0.25) is 5.91 Å². The first-order valence-electron chi connectivity index (χ1n) is 7.93. The van der Waals surface area contributed by atoms with Gasteiger partial charge in [-0.1, -0.05) is 12.1 Å². The highest BCUT2D eigenvalue weighted by Crippen LogP contribution is 2.27. The molecule has 0 spiro atoms. The number of nitrogens with one attached hydrogen (secondary N) is 1. The molecule has 9 heteroatoms. The highest BCUT2D eigenvalue weighted by Gasteiger charge is 2.24. The lowest BCUT2D eigenvalue weighted by Gasteiger charge is -2.23. The van der Waals surface area contributed by atoms with Crippen LogP contribution in [0.4, 0.5) is 8.78 Å². The molecule has 0 aromatic heterocycles. The molecule has 146 valence electrons. The summed E-state index contributed by atoms with van der Waals surface area (Å²) in [5, 5.41) is 2.54. The van der Waals surface area contributed by atoms with Crippen molar-refractivity contribution in [1.29, 1.82) is 0 Å². The van der Waals surface area contributed by atoms with Crippen LogP contribution in [0, 0.1) is 11.6 Å². The molecule has 2 aromatic carbocycles. The van der Waals surface area contributed by atoms with Gasteiger partial charge < -0.3 is 15.8 Å². The monoisotopic (exact) mass is 398 g/mol. The zero-order chi connectivity index (χ0) is 20.2. The summed E-state index contributed by atoms with van der Waals surface area (Å²) in [7, 11) is -2.17. The number of amides is 1. The van der Waals surface area contributed by atoms with Crippen molar-refractivity contribution in [2.24, 2.45) is 5.73 Å². The summed E-state index contributed by atoms with van der Waals surface area (Å²) in [6.07, 6.45) is 1.02. The topological polar surface area (TPSA) is 98.5 Å². The lowest BCUT2D eigenvalue weighted by atomic mass is 9.97. The van der Waals surface area contributed by atoms with Crippen LogP contribution in [-0.2, 0) is 19.4 Å². The van der Waals surface area contributed by atoms with E-state index in [9.17, 15) is 22.0 Å². The SMILES string of the molecule is COCC(N)C(=O)NC(c1cccc(S(C)(=O)=O)c1)c1cc(F)ccc1F. The van der Waals surface area contributed by atoms with Crippen LogP contribution in [0.3, 0.4) is 0 Å². The maximum atomic E-state index is 14.3. The van der Waals surface area contributed by atoms with Crippen molar-refractivity contribution in [3.8, 4) is 0 Å². The Morgan fingerprint density at radius 2 is 1.93 bits per heavy atom. The van der Waals surface area contributed by atoms with Crippen molar-refractivity contribution in [3.63, 3.8) is 0 Å². The van der Waals surface area contributed by atoms with Crippen LogP contribution in [0.5, 0.6) is 0 Å². The van der Waals surface area contributed by atoms with E-state index in [0.29, 0.717) is 0 Å². The number of benzene rings is 2. The van der Waals surface area contributed by atoms with Crippen LogP contribution < -0.4 is 11.1 Å². The first kappa shape index (κ1) is 20.9. The van der Waals surface area contributed by atoms with Gasteiger partial charge in [-0.25, -0.2) is 17.2 Å². The van der Waals surface area contributed by atoms with E-state index in [2.05, 4.69) is 5.32 Å². The lowest BCUT2D eigenvalue weighted by molar-refractivity contribution is -0.124. The van der Waals surface area contributed by atoms with Gasteiger partial charge in [0.25, 0.3) is 0 Å². The van der Waals surface area contributed by atoms with E-state index in [4.69, 9.17) is 10.5 Å². The number of carbonyl (C=O) groups excluding carboxylic acids is 1. The van der Waals surface area contributed by atoms with Gasteiger partial charge in [-0.2, -0.15) is 0 Å². The molecule has 0 saturated carbocycles. The fourth-order valence-corrected chi connectivity index (χ4v) is 3.18. The quantitative estimate of drug-likeness (QED) is 0.737. The number of methoxy groups -OCH3 is 1. The van der Waals surface area contributed by atoms with Crippen LogP contribution in [0.15, 0.2) is 47.4 Å². The molecular weight excluding hydrogens is 378 g/mol. The molecule has 1 amide bonds. The molecule has 2 atom stereocenters. The third-order valence-electron chi connectivity index (χ3n) is 3.86. The molecule has 0 bridgehead atoms. The molecule has 0 fully saturated rings. The largest absolute Gasteiger partial charge is 0.383 e. The maximum Gasteiger partial charge on any atom is 0.240 e. The summed E-state index contributed by atoms with van der Waals surface area (Å²) in [5.74, 6) is -2.12. The molecule has 0 saturated heterocycles. The molecule has 0 aliphatic carbocycles. The lowest BCUT2D eigenvalue weighted by Crippen LogP contribution is -2.45. The van der Waals surface area contributed by atoms with Gasteiger partial charge in [-0.3, -0.25) is 4.79 Å². The Kier molecular flexibility index (Phi) is 6.63. The van der Waals surface area contributed by atoms with Gasteiger partial charge in [0.15, 0.2) is 9.84 Å². The van der Waals surface area contributed by atoms with Crippen LogP contribution in [0.2, 0.25) is 0 Å². The standard InChI is InChI=1S/C18H20F2N2O4S/c1-26-10-16(21)18(23)22-17(14-9-12(19)6-7-15(14)20)11-4-3-5-13(8-11)27(2,24)25/h3-9,16-17H,10,21H2,1-2H3,(H,22,23). The number of halogens is 2. The molecule has 2 unspecified atom stereocenters. The fourth-order valence-electron chi connectivity index (χ4n) is 2.51. The minimum atomic E-state index is -3.54. The average Bonchev–Trinajstić information content (AvgIpc) is 2.61. The average molecular weight is 398 g/mol. The minimum absolute atomic E-state index is 0.0164. The number of rotatable bonds is 7. The highest BCUT2D eigenvalue weighted by atomic mass is 32.2. The molecule has 2 aromatic rings.